The van der Waals surface area contributed by atoms with E-state index in [1.54, 1.807) is 0 Å². The van der Waals surface area contributed by atoms with Crippen molar-refractivity contribution >= 4 is 0 Å². The lowest BCUT2D eigenvalue weighted by Gasteiger charge is -2.25. The zero-order valence-corrected chi connectivity index (χ0v) is 9.95. The van der Waals surface area contributed by atoms with Gasteiger partial charge < -0.3 is 5.32 Å². The number of aromatic nitrogens is 2. The molecule has 1 aromatic rings. The monoisotopic (exact) mass is 207 g/mol. The molecule has 1 heterocycles. The highest BCUT2D eigenvalue weighted by Crippen LogP contribution is 2.39. The normalized spacial score (nSPS) is 17.0. The third-order valence-electron chi connectivity index (χ3n) is 3.36. The van der Waals surface area contributed by atoms with E-state index in [2.05, 4.69) is 37.4 Å². The van der Waals surface area contributed by atoms with Crippen molar-refractivity contribution in [1.29, 1.82) is 0 Å². The second-order valence-electron chi connectivity index (χ2n) is 5.05. The first kappa shape index (κ1) is 10.7. The zero-order chi connectivity index (χ0) is 10.9. The molecule has 1 N–H and O–H groups in total. The molecule has 2 rings (SSSR count). The van der Waals surface area contributed by atoms with Gasteiger partial charge >= 0.3 is 0 Å². The number of nitrogens with zero attached hydrogens (tertiary/aromatic N) is 2. The summed E-state index contributed by atoms with van der Waals surface area (Å²) in [5.74, 6) is 0.874. The fourth-order valence-electron chi connectivity index (χ4n) is 1.95. The van der Waals surface area contributed by atoms with E-state index in [4.69, 9.17) is 0 Å². The summed E-state index contributed by atoms with van der Waals surface area (Å²) in [6, 6.07) is 0. The van der Waals surface area contributed by atoms with Gasteiger partial charge in [0.15, 0.2) is 0 Å². The van der Waals surface area contributed by atoms with Crippen molar-refractivity contribution < 1.29 is 0 Å². The number of rotatable bonds is 5. The summed E-state index contributed by atoms with van der Waals surface area (Å²) in [5.41, 5.74) is 1.57. The Kier molecular flexibility index (Phi) is 2.83. The molecule has 0 aliphatic heterocycles. The third kappa shape index (κ3) is 2.59. The minimum atomic E-state index is 0.286. The Morgan fingerprint density at radius 3 is 2.80 bits per heavy atom. The summed E-state index contributed by atoms with van der Waals surface area (Å²) in [5, 5.41) is 7.89. The number of aryl methyl sites for hydroxylation is 1. The maximum atomic E-state index is 4.27. The minimum Gasteiger partial charge on any atom is -0.307 e. The van der Waals surface area contributed by atoms with Gasteiger partial charge in [-0.2, -0.15) is 5.10 Å². The van der Waals surface area contributed by atoms with Crippen LogP contribution in [0, 0.1) is 5.92 Å². The van der Waals surface area contributed by atoms with Crippen molar-refractivity contribution in [1.82, 2.24) is 15.1 Å². The van der Waals surface area contributed by atoms with Gasteiger partial charge in [0.2, 0.25) is 0 Å². The average molecular weight is 207 g/mol. The van der Waals surface area contributed by atoms with Gasteiger partial charge in [-0.15, -0.1) is 0 Å². The lowest BCUT2D eigenvalue weighted by Crippen LogP contribution is -2.40. The predicted molar refractivity (Wildman–Crippen MR) is 61.5 cm³/mol. The maximum Gasteiger partial charge on any atom is 0.0534 e. The maximum absolute atomic E-state index is 4.27. The fourth-order valence-corrected chi connectivity index (χ4v) is 1.95. The molecular formula is C12H21N3. The quantitative estimate of drug-likeness (QED) is 0.802. The number of nitrogens with one attached hydrogen (secondary N) is 1. The van der Waals surface area contributed by atoms with Crippen molar-refractivity contribution in [3.05, 3.63) is 18.0 Å². The second-order valence-corrected chi connectivity index (χ2v) is 5.05. The Morgan fingerprint density at radius 1 is 1.53 bits per heavy atom. The Morgan fingerprint density at radius 2 is 2.27 bits per heavy atom. The summed E-state index contributed by atoms with van der Waals surface area (Å²) < 4.78 is 1.97. The molecule has 1 saturated carbocycles. The molecule has 0 unspecified atom stereocenters. The molecule has 0 bridgehead atoms. The molecule has 1 aliphatic rings. The van der Waals surface area contributed by atoms with Crippen molar-refractivity contribution in [2.75, 3.05) is 0 Å². The largest absolute Gasteiger partial charge is 0.307 e. The molecule has 1 aromatic heterocycles. The van der Waals surface area contributed by atoms with Crippen molar-refractivity contribution in [2.24, 2.45) is 5.92 Å². The zero-order valence-electron chi connectivity index (χ0n) is 9.95. The molecule has 0 radical (unpaired) electrons. The van der Waals surface area contributed by atoms with E-state index in [-0.39, 0.29) is 5.54 Å². The molecule has 1 aliphatic carbocycles. The van der Waals surface area contributed by atoms with Gasteiger partial charge in [0.25, 0.3) is 0 Å². The Bertz CT molecular complexity index is 323. The van der Waals surface area contributed by atoms with Gasteiger partial charge in [-0.25, -0.2) is 0 Å². The summed E-state index contributed by atoms with van der Waals surface area (Å²) in [6.07, 6.45) is 6.85. The molecule has 1 fully saturated rings. The average Bonchev–Trinajstić information content (AvgIpc) is 2.96. The highest BCUT2D eigenvalue weighted by atomic mass is 15.3. The molecule has 0 atom stereocenters. The second kappa shape index (κ2) is 3.97. The first-order chi connectivity index (χ1) is 7.12. The van der Waals surface area contributed by atoms with Crippen LogP contribution in [0.2, 0.25) is 0 Å². The van der Waals surface area contributed by atoms with E-state index in [1.807, 2.05) is 10.9 Å². The lowest BCUT2D eigenvalue weighted by atomic mass is 9.98. The Labute approximate surface area is 91.9 Å². The van der Waals surface area contributed by atoms with Gasteiger partial charge in [-0.3, -0.25) is 4.68 Å². The third-order valence-corrected chi connectivity index (χ3v) is 3.36. The van der Waals surface area contributed by atoms with E-state index in [1.165, 1.54) is 18.4 Å². The molecule has 0 amide bonds. The SMILES string of the molecule is CCn1cc(CNC(C)(C)C2CC2)cn1. The van der Waals surface area contributed by atoms with Crippen LogP contribution in [0.1, 0.15) is 39.2 Å². The lowest BCUT2D eigenvalue weighted by molar-refractivity contribution is 0.339. The van der Waals surface area contributed by atoms with E-state index in [0.717, 1.165) is 19.0 Å². The van der Waals surface area contributed by atoms with Crippen LogP contribution >= 0.6 is 0 Å². The van der Waals surface area contributed by atoms with E-state index >= 15 is 0 Å². The van der Waals surface area contributed by atoms with Crippen LogP contribution in [-0.4, -0.2) is 15.3 Å². The van der Waals surface area contributed by atoms with Gasteiger partial charge in [-0.05, 0) is 39.5 Å². The summed E-state index contributed by atoms with van der Waals surface area (Å²) in [4.78, 5) is 0. The number of hydrogen-bond donors (Lipinski definition) is 1. The fraction of sp³-hybridized carbons (Fsp3) is 0.750. The number of hydrogen-bond acceptors (Lipinski definition) is 2. The van der Waals surface area contributed by atoms with Gasteiger partial charge in [0.1, 0.15) is 0 Å². The molecule has 0 spiro atoms. The first-order valence-corrected chi connectivity index (χ1v) is 5.88. The summed E-state index contributed by atoms with van der Waals surface area (Å²) >= 11 is 0. The molecule has 15 heavy (non-hydrogen) atoms. The van der Waals surface area contributed by atoms with Crippen molar-refractivity contribution in [3.8, 4) is 0 Å². The molecule has 3 heteroatoms. The Balaban J connectivity index is 1.86. The molecule has 84 valence electrons. The van der Waals surface area contributed by atoms with Crippen LogP contribution in [-0.2, 0) is 13.1 Å². The van der Waals surface area contributed by atoms with E-state index in [0.29, 0.717) is 0 Å². The highest BCUT2D eigenvalue weighted by molar-refractivity contribution is 5.05. The van der Waals surface area contributed by atoms with Gasteiger partial charge in [0, 0.05) is 30.4 Å². The van der Waals surface area contributed by atoms with Crippen LogP contribution in [0.3, 0.4) is 0 Å². The summed E-state index contributed by atoms with van der Waals surface area (Å²) in [6.45, 7) is 8.59. The Hall–Kier alpha value is -0.830. The van der Waals surface area contributed by atoms with Gasteiger partial charge in [-0.1, -0.05) is 0 Å². The van der Waals surface area contributed by atoms with Crippen LogP contribution < -0.4 is 5.32 Å². The van der Waals surface area contributed by atoms with Crippen LogP contribution in [0.5, 0.6) is 0 Å². The van der Waals surface area contributed by atoms with Crippen molar-refractivity contribution in [2.45, 2.75) is 52.2 Å². The standard InChI is InChI=1S/C12H21N3/c1-4-15-9-10(8-14-15)7-13-12(2,3)11-5-6-11/h8-9,11,13H,4-7H2,1-3H3. The smallest absolute Gasteiger partial charge is 0.0534 e. The predicted octanol–water partition coefficient (Wildman–Crippen LogP) is 2.18. The van der Waals surface area contributed by atoms with Gasteiger partial charge in [0.05, 0.1) is 6.20 Å². The first-order valence-electron chi connectivity index (χ1n) is 5.88. The molecule has 3 nitrogen and oxygen atoms in total. The van der Waals surface area contributed by atoms with Crippen LogP contribution in [0.4, 0.5) is 0 Å². The topological polar surface area (TPSA) is 29.9 Å². The van der Waals surface area contributed by atoms with Crippen LogP contribution in [0.25, 0.3) is 0 Å². The minimum absolute atomic E-state index is 0.286. The van der Waals surface area contributed by atoms with Crippen molar-refractivity contribution in [3.63, 3.8) is 0 Å². The molecule has 0 aromatic carbocycles. The van der Waals surface area contributed by atoms with Crippen LogP contribution in [0.15, 0.2) is 12.4 Å². The van der Waals surface area contributed by atoms with E-state index in [9.17, 15) is 0 Å². The molecule has 0 saturated heterocycles. The summed E-state index contributed by atoms with van der Waals surface area (Å²) in [7, 11) is 0. The van der Waals surface area contributed by atoms with E-state index < -0.39 is 0 Å². The highest BCUT2D eigenvalue weighted by Gasteiger charge is 2.37. The molecular weight excluding hydrogens is 186 g/mol.